The number of nitrogens with zero attached hydrogens (tertiary/aromatic N) is 3. The van der Waals surface area contributed by atoms with Gasteiger partial charge in [-0.25, -0.2) is 19.3 Å². The van der Waals surface area contributed by atoms with E-state index in [0.29, 0.717) is 27.7 Å². The molecule has 4 rings (SSSR count). The first kappa shape index (κ1) is 21.1. The fourth-order valence-corrected chi connectivity index (χ4v) is 3.13. The van der Waals surface area contributed by atoms with Crippen molar-refractivity contribution >= 4 is 41.7 Å². The van der Waals surface area contributed by atoms with Gasteiger partial charge in [0.15, 0.2) is 0 Å². The number of aromatic carboxylic acids is 1. The van der Waals surface area contributed by atoms with Crippen LogP contribution in [0.25, 0.3) is 27.7 Å². The molecule has 0 aliphatic carbocycles. The third-order valence-corrected chi connectivity index (χ3v) is 4.52. The molecule has 4 aromatic rings. The van der Waals surface area contributed by atoms with Gasteiger partial charge in [-0.15, -0.1) is 0 Å². The van der Waals surface area contributed by atoms with Crippen LogP contribution >= 0.6 is 0 Å². The van der Waals surface area contributed by atoms with Crippen LogP contribution in [0.4, 0.5) is 5.95 Å². The number of methoxy groups -OCH3 is 1. The molecule has 0 fully saturated rings. The fraction of sp³-hybridized carbons (Fsp3) is 0.0476. The summed E-state index contributed by atoms with van der Waals surface area (Å²) in [4.78, 5) is 33.0. The van der Waals surface area contributed by atoms with Crippen molar-refractivity contribution in [3.63, 3.8) is 0 Å². The van der Waals surface area contributed by atoms with E-state index in [1.165, 1.54) is 23.9 Å². The van der Waals surface area contributed by atoms with Crippen molar-refractivity contribution in [1.29, 1.82) is 0 Å². The number of pyridine rings is 1. The van der Waals surface area contributed by atoms with Crippen molar-refractivity contribution in [2.45, 2.75) is 0 Å². The van der Waals surface area contributed by atoms with Crippen molar-refractivity contribution in [3.05, 3.63) is 76.7 Å². The van der Waals surface area contributed by atoms with Crippen LogP contribution in [-0.2, 0) is 0 Å². The van der Waals surface area contributed by atoms with Crippen LogP contribution in [-0.4, -0.2) is 51.6 Å². The number of carboxylic acid groups (broad SMARTS) is 1. The maximum absolute atomic E-state index is 13.1. The predicted molar refractivity (Wildman–Crippen MR) is 114 cm³/mol. The number of nitrogens with two attached hydrogens (primary N) is 1. The first-order valence-corrected chi connectivity index (χ1v) is 8.65. The van der Waals surface area contributed by atoms with Crippen LogP contribution in [0.5, 0.6) is 5.88 Å². The van der Waals surface area contributed by atoms with Crippen molar-refractivity contribution in [2.75, 3.05) is 12.8 Å². The van der Waals surface area contributed by atoms with Crippen molar-refractivity contribution in [2.24, 2.45) is 0 Å². The van der Waals surface area contributed by atoms with Gasteiger partial charge in [-0.1, -0.05) is 24.3 Å². The average Bonchev–Trinajstić information content (AvgIpc) is 2.74. The molecule has 2 aromatic heterocycles. The zero-order valence-corrected chi connectivity index (χ0v) is 16.4. The topological polar surface area (TPSA) is 120 Å². The molecule has 0 aliphatic heterocycles. The molecule has 3 N–H and O–H groups in total. The minimum Gasteiger partial charge on any atom is -0.480 e. The number of carbonyl (C=O) groups is 1. The molecule has 0 atom stereocenters. The van der Waals surface area contributed by atoms with E-state index in [4.69, 9.17) is 10.5 Å². The Morgan fingerprint density at radius 2 is 1.83 bits per heavy atom. The summed E-state index contributed by atoms with van der Waals surface area (Å²) >= 11 is 0. The van der Waals surface area contributed by atoms with E-state index >= 15 is 0 Å². The molecule has 30 heavy (non-hydrogen) atoms. The van der Waals surface area contributed by atoms with Gasteiger partial charge >= 0.3 is 5.97 Å². The van der Waals surface area contributed by atoms with E-state index in [1.807, 2.05) is 6.07 Å². The van der Waals surface area contributed by atoms with Gasteiger partial charge in [-0.05, 0) is 35.9 Å². The Balaban J connectivity index is 0.00000256. The SMILES string of the molecule is COc1ncc(-c2ccc3nc(N)n(-c4ccccc4)c(=O)c3c2)cc1C(=O)O.[Li]. The number of aromatic nitrogens is 3. The average molecular weight is 395 g/mol. The van der Waals surface area contributed by atoms with E-state index in [2.05, 4.69) is 9.97 Å². The Morgan fingerprint density at radius 1 is 1.10 bits per heavy atom. The summed E-state index contributed by atoms with van der Waals surface area (Å²) < 4.78 is 6.33. The fourth-order valence-electron chi connectivity index (χ4n) is 3.13. The first-order valence-electron chi connectivity index (χ1n) is 8.65. The Hall–Kier alpha value is -3.60. The predicted octanol–water partition coefficient (Wildman–Crippen LogP) is 2.36. The molecule has 0 saturated carbocycles. The minimum atomic E-state index is -1.15. The summed E-state index contributed by atoms with van der Waals surface area (Å²) in [6.07, 6.45) is 1.49. The van der Waals surface area contributed by atoms with Gasteiger partial charge < -0.3 is 15.6 Å². The van der Waals surface area contributed by atoms with Crippen LogP contribution in [0.3, 0.4) is 0 Å². The maximum Gasteiger partial charge on any atom is 0.341 e. The monoisotopic (exact) mass is 395 g/mol. The van der Waals surface area contributed by atoms with Crippen LogP contribution < -0.4 is 16.0 Å². The van der Waals surface area contributed by atoms with Gasteiger partial charge in [0.1, 0.15) is 5.56 Å². The van der Waals surface area contributed by atoms with Crippen LogP contribution in [0.2, 0.25) is 0 Å². The number of carboxylic acids is 1. The number of hydrogen-bond donors (Lipinski definition) is 2. The third kappa shape index (κ3) is 3.66. The summed E-state index contributed by atoms with van der Waals surface area (Å²) in [6, 6.07) is 15.5. The Kier molecular flexibility index (Phi) is 5.92. The molecular formula is C21H16LiN4O4. The molecule has 2 aromatic carbocycles. The summed E-state index contributed by atoms with van der Waals surface area (Å²) in [5.41, 5.74) is 7.84. The number of nitrogen functional groups attached to an aromatic ring is 1. The summed E-state index contributed by atoms with van der Waals surface area (Å²) in [7, 11) is 1.35. The number of anilines is 1. The van der Waals surface area contributed by atoms with E-state index in [-0.39, 0.29) is 41.8 Å². The van der Waals surface area contributed by atoms with Gasteiger partial charge in [0, 0.05) is 30.6 Å². The molecule has 0 saturated heterocycles. The molecule has 8 nitrogen and oxygen atoms in total. The van der Waals surface area contributed by atoms with Gasteiger partial charge in [-0.2, -0.15) is 0 Å². The molecule has 0 amide bonds. The summed E-state index contributed by atoms with van der Waals surface area (Å²) in [6.45, 7) is 0. The molecule has 145 valence electrons. The first-order chi connectivity index (χ1) is 14.0. The van der Waals surface area contributed by atoms with Gasteiger partial charge in [-0.3, -0.25) is 4.79 Å². The summed E-state index contributed by atoms with van der Waals surface area (Å²) in [5, 5.41) is 9.73. The van der Waals surface area contributed by atoms with Crippen LogP contribution in [0.15, 0.2) is 65.6 Å². The molecule has 9 heteroatoms. The van der Waals surface area contributed by atoms with Gasteiger partial charge in [0.25, 0.3) is 5.56 Å². The molecule has 0 bridgehead atoms. The number of benzene rings is 2. The normalized spacial score (nSPS) is 10.4. The molecule has 2 heterocycles. The Labute approximate surface area is 183 Å². The number of rotatable bonds is 4. The Bertz CT molecular complexity index is 1310. The molecule has 0 unspecified atom stereocenters. The van der Waals surface area contributed by atoms with Crippen molar-refractivity contribution in [3.8, 4) is 22.7 Å². The minimum absolute atomic E-state index is 0. The van der Waals surface area contributed by atoms with E-state index in [0.717, 1.165) is 0 Å². The zero-order valence-electron chi connectivity index (χ0n) is 16.4. The number of hydrogen-bond acceptors (Lipinski definition) is 6. The van der Waals surface area contributed by atoms with E-state index < -0.39 is 5.97 Å². The standard InChI is InChI=1S/C21H16N4O4.Li/c1-29-18-16(20(27)28)10-13(11-23-18)12-7-8-17-15(9-12)19(26)25(21(22)24-17)14-5-3-2-4-6-14;/h2-11H,1H3,(H2,22,24)(H,27,28);. The quantitative estimate of drug-likeness (QED) is 0.509. The third-order valence-electron chi connectivity index (χ3n) is 4.52. The number of ether oxygens (including phenoxy) is 1. The van der Waals surface area contributed by atoms with Crippen molar-refractivity contribution in [1.82, 2.24) is 14.5 Å². The maximum atomic E-state index is 13.1. The number of para-hydroxylation sites is 1. The zero-order chi connectivity index (χ0) is 20.5. The van der Waals surface area contributed by atoms with Crippen LogP contribution in [0.1, 0.15) is 10.4 Å². The van der Waals surface area contributed by atoms with Crippen molar-refractivity contribution < 1.29 is 14.6 Å². The molecular weight excluding hydrogens is 379 g/mol. The smallest absolute Gasteiger partial charge is 0.341 e. The van der Waals surface area contributed by atoms with E-state index in [9.17, 15) is 14.7 Å². The summed E-state index contributed by atoms with van der Waals surface area (Å²) in [5.74, 6) is -1.05. The molecule has 0 spiro atoms. The second-order valence-electron chi connectivity index (χ2n) is 6.26. The van der Waals surface area contributed by atoms with Crippen LogP contribution in [0, 0.1) is 0 Å². The number of fused-ring (bicyclic) bond motifs is 1. The largest absolute Gasteiger partial charge is 0.480 e. The van der Waals surface area contributed by atoms with Gasteiger partial charge in [0.05, 0.1) is 23.7 Å². The molecule has 1 radical (unpaired) electrons. The van der Waals surface area contributed by atoms with Gasteiger partial charge in [0.2, 0.25) is 11.8 Å². The Morgan fingerprint density at radius 3 is 2.50 bits per heavy atom. The second kappa shape index (κ2) is 8.41. The van der Waals surface area contributed by atoms with E-state index in [1.54, 1.807) is 42.5 Å². The molecule has 0 aliphatic rings. The second-order valence-corrected chi connectivity index (χ2v) is 6.26.